The Kier molecular flexibility index (Phi) is 3.31. The highest BCUT2D eigenvalue weighted by molar-refractivity contribution is 5.90. The maximum atomic E-state index is 12.6. The van der Waals surface area contributed by atoms with Crippen LogP contribution < -0.4 is 0 Å². The summed E-state index contributed by atoms with van der Waals surface area (Å²) in [7, 11) is 3.66. The van der Waals surface area contributed by atoms with E-state index in [0.717, 1.165) is 24.2 Å². The molecule has 1 fully saturated rings. The number of aromatic nitrogens is 1. The van der Waals surface area contributed by atoms with Gasteiger partial charge in [-0.15, -0.1) is 0 Å². The minimum atomic E-state index is -0.224. The molecule has 1 N–H and O–H groups in total. The zero-order chi connectivity index (χ0) is 16.1. The third kappa shape index (κ3) is 1.98. The van der Waals surface area contributed by atoms with Crippen LogP contribution in [0.2, 0.25) is 0 Å². The summed E-state index contributed by atoms with van der Waals surface area (Å²) in [4.78, 5) is 18.5. The molecular formula is C19H22N2O2. The summed E-state index contributed by atoms with van der Waals surface area (Å²) >= 11 is 0. The molecule has 0 saturated carbocycles. The van der Waals surface area contributed by atoms with Crippen LogP contribution in [-0.4, -0.2) is 36.6 Å². The van der Waals surface area contributed by atoms with Crippen molar-refractivity contribution in [2.75, 3.05) is 20.7 Å². The third-order valence-corrected chi connectivity index (χ3v) is 5.57. The molecule has 2 aromatic rings. The Balaban J connectivity index is 1.99. The molecule has 1 aromatic heterocycles. The average molecular weight is 310 g/mol. The number of piperidine rings is 1. The van der Waals surface area contributed by atoms with E-state index in [9.17, 15) is 4.79 Å². The van der Waals surface area contributed by atoms with Crippen LogP contribution in [0.4, 0.5) is 0 Å². The summed E-state index contributed by atoms with van der Waals surface area (Å²) in [6.45, 7) is 2.98. The molecule has 0 amide bonds. The number of likely N-dealkylation sites (tertiary alicyclic amines) is 1. The molecule has 3 atom stereocenters. The van der Waals surface area contributed by atoms with E-state index < -0.39 is 0 Å². The molecule has 2 bridgehead atoms. The maximum Gasteiger partial charge on any atom is 0.315 e. The molecular weight excluding hydrogens is 288 g/mol. The Morgan fingerprint density at radius 3 is 2.91 bits per heavy atom. The van der Waals surface area contributed by atoms with Gasteiger partial charge in [0.15, 0.2) is 0 Å². The minimum Gasteiger partial charge on any atom is -0.468 e. The van der Waals surface area contributed by atoms with Crippen molar-refractivity contribution in [1.29, 1.82) is 0 Å². The normalized spacial score (nSPS) is 28.8. The predicted octanol–water partition coefficient (Wildman–Crippen LogP) is 3.38. The Bertz CT molecular complexity index is 805. The van der Waals surface area contributed by atoms with E-state index in [1.165, 1.54) is 23.6 Å². The van der Waals surface area contributed by atoms with Crippen molar-refractivity contribution in [3.63, 3.8) is 0 Å². The largest absolute Gasteiger partial charge is 0.468 e. The number of hydrogen-bond acceptors (Lipinski definition) is 3. The fraction of sp³-hybridized carbons (Fsp3) is 0.421. The molecule has 0 spiro atoms. The number of rotatable bonds is 1. The van der Waals surface area contributed by atoms with Crippen LogP contribution in [0.15, 0.2) is 35.9 Å². The SMILES string of the molecule is C/C=C1\CN(C)[C@@H]2C[C@H]1[C@@H](C(=O)OC)c1[nH]c3ccccc3c12. The predicted molar refractivity (Wildman–Crippen MR) is 90.3 cm³/mol. The van der Waals surface area contributed by atoms with Crippen LogP contribution in [0.1, 0.15) is 36.6 Å². The topological polar surface area (TPSA) is 45.3 Å². The third-order valence-electron chi connectivity index (χ3n) is 5.57. The maximum absolute atomic E-state index is 12.6. The lowest BCUT2D eigenvalue weighted by atomic mass is 9.69. The van der Waals surface area contributed by atoms with E-state index in [2.05, 4.69) is 48.1 Å². The number of fused-ring (bicyclic) bond motifs is 6. The van der Waals surface area contributed by atoms with Gasteiger partial charge in [0.05, 0.1) is 7.11 Å². The van der Waals surface area contributed by atoms with Crippen molar-refractivity contribution in [3.05, 3.63) is 47.2 Å². The summed E-state index contributed by atoms with van der Waals surface area (Å²) in [5, 5.41) is 1.23. The van der Waals surface area contributed by atoms with Crippen LogP contribution in [-0.2, 0) is 9.53 Å². The number of para-hydroxylation sites is 1. The van der Waals surface area contributed by atoms with Gasteiger partial charge in [-0.1, -0.05) is 29.8 Å². The lowest BCUT2D eigenvalue weighted by molar-refractivity contribution is -0.144. The molecule has 4 nitrogen and oxygen atoms in total. The van der Waals surface area contributed by atoms with Crippen LogP contribution in [0, 0.1) is 5.92 Å². The first-order valence-electron chi connectivity index (χ1n) is 8.19. The number of nitrogens with one attached hydrogen (secondary N) is 1. The number of carbonyl (C=O) groups is 1. The smallest absolute Gasteiger partial charge is 0.315 e. The number of carbonyl (C=O) groups excluding carboxylic acids is 1. The van der Waals surface area contributed by atoms with E-state index in [1.807, 2.05) is 6.07 Å². The summed E-state index contributed by atoms with van der Waals surface area (Å²) in [5.74, 6) is -0.127. The average Bonchev–Trinajstić information content (AvgIpc) is 2.96. The van der Waals surface area contributed by atoms with E-state index in [1.54, 1.807) is 0 Å². The number of aromatic amines is 1. The number of nitrogens with zero attached hydrogens (tertiary/aromatic N) is 1. The van der Waals surface area contributed by atoms with Crippen molar-refractivity contribution in [1.82, 2.24) is 9.88 Å². The number of likely N-dealkylation sites (N-methyl/N-ethyl adjacent to an activating group) is 1. The molecule has 1 aliphatic carbocycles. The van der Waals surface area contributed by atoms with E-state index in [0.29, 0.717) is 6.04 Å². The molecule has 1 aliphatic heterocycles. The first kappa shape index (κ1) is 14.5. The number of methoxy groups -OCH3 is 1. The van der Waals surface area contributed by atoms with Gasteiger partial charge >= 0.3 is 5.97 Å². The van der Waals surface area contributed by atoms with Gasteiger partial charge in [0, 0.05) is 35.1 Å². The van der Waals surface area contributed by atoms with Gasteiger partial charge < -0.3 is 9.72 Å². The van der Waals surface area contributed by atoms with Gasteiger partial charge in [-0.05, 0) is 32.0 Å². The number of allylic oxidation sites excluding steroid dienone is 1. The lowest BCUT2D eigenvalue weighted by Crippen LogP contribution is -2.43. The molecule has 0 unspecified atom stereocenters. The van der Waals surface area contributed by atoms with Crippen LogP contribution in [0.25, 0.3) is 10.9 Å². The number of ether oxygens (including phenoxy) is 1. The van der Waals surface area contributed by atoms with E-state index >= 15 is 0 Å². The molecule has 2 aliphatic rings. The second-order valence-corrected chi connectivity index (χ2v) is 6.64. The van der Waals surface area contributed by atoms with Crippen molar-refractivity contribution < 1.29 is 9.53 Å². The van der Waals surface area contributed by atoms with Gasteiger partial charge in [-0.2, -0.15) is 0 Å². The number of benzene rings is 1. The van der Waals surface area contributed by atoms with Gasteiger partial charge in [-0.3, -0.25) is 9.69 Å². The van der Waals surface area contributed by atoms with E-state index in [4.69, 9.17) is 4.74 Å². The van der Waals surface area contributed by atoms with Crippen LogP contribution in [0.5, 0.6) is 0 Å². The standard InChI is InChI=1S/C19H22N2O2/c1-4-11-10-21(2)15-9-13(11)17(19(22)23-3)18-16(15)12-7-5-6-8-14(12)20-18/h4-8,13,15,17,20H,9-10H2,1-3H3/b11-4+/t13-,15-,17-/m1/s1. The van der Waals surface area contributed by atoms with Crippen LogP contribution in [0.3, 0.4) is 0 Å². The zero-order valence-electron chi connectivity index (χ0n) is 13.8. The first-order chi connectivity index (χ1) is 11.2. The molecule has 4 rings (SSSR count). The molecule has 2 heterocycles. The Morgan fingerprint density at radius 2 is 2.17 bits per heavy atom. The zero-order valence-corrected chi connectivity index (χ0v) is 13.8. The monoisotopic (exact) mass is 310 g/mol. The highest BCUT2D eigenvalue weighted by Gasteiger charge is 2.47. The van der Waals surface area contributed by atoms with Crippen molar-refractivity contribution >= 4 is 16.9 Å². The highest BCUT2D eigenvalue weighted by Crippen LogP contribution is 2.52. The fourth-order valence-corrected chi connectivity index (χ4v) is 4.48. The number of hydrogen-bond donors (Lipinski definition) is 1. The molecule has 23 heavy (non-hydrogen) atoms. The van der Waals surface area contributed by atoms with Gasteiger partial charge in [0.2, 0.25) is 0 Å². The lowest BCUT2D eigenvalue weighted by Gasteiger charge is -2.45. The van der Waals surface area contributed by atoms with Gasteiger partial charge in [0.25, 0.3) is 0 Å². The molecule has 1 aromatic carbocycles. The van der Waals surface area contributed by atoms with Crippen molar-refractivity contribution in [2.24, 2.45) is 5.92 Å². The van der Waals surface area contributed by atoms with Crippen molar-refractivity contribution in [2.45, 2.75) is 25.3 Å². The number of esters is 1. The molecule has 0 radical (unpaired) electrons. The first-order valence-corrected chi connectivity index (χ1v) is 8.19. The van der Waals surface area contributed by atoms with Gasteiger partial charge in [0.1, 0.15) is 5.92 Å². The van der Waals surface area contributed by atoms with Gasteiger partial charge in [-0.25, -0.2) is 0 Å². The molecule has 1 saturated heterocycles. The summed E-state index contributed by atoms with van der Waals surface area (Å²) in [6, 6.07) is 8.69. The van der Waals surface area contributed by atoms with Crippen molar-refractivity contribution in [3.8, 4) is 0 Å². The molecule has 4 heteroatoms. The Labute approximate surface area is 136 Å². The summed E-state index contributed by atoms with van der Waals surface area (Å²) in [6.07, 6.45) is 3.14. The fourth-order valence-electron chi connectivity index (χ4n) is 4.48. The quantitative estimate of drug-likeness (QED) is 0.649. The second kappa shape index (κ2) is 5.24. The summed E-state index contributed by atoms with van der Waals surface area (Å²) in [5.41, 5.74) is 4.77. The minimum absolute atomic E-state index is 0.134. The van der Waals surface area contributed by atoms with E-state index in [-0.39, 0.29) is 17.8 Å². The Morgan fingerprint density at radius 1 is 1.39 bits per heavy atom. The number of H-pyrrole nitrogens is 1. The second-order valence-electron chi connectivity index (χ2n) is 6.64. The summed E-state index contributed by atoms with van der Waals surface area (Å²) < 4.78 is 5.15. The molecule has 120 valence electrons. The Hall–Kier alpha value is -2.07. The van der Waals surface area contributed by atoms with Crippen LogP contribution >= 0.6 is 0 Å². The highest BCUT2D eigenvalue weighted by atomic mass is 16.5.